The normalized spacial score (nSPS) is 18.1. The lowest BCUT2D eigenvalue weighted by Gasteiger charge is -2.14. The van der Waals surface area contributed by atoms with E-state index in [0.717, 1.165) is 25.7 Å². The van der Waals surface area contributed by atoms with E-state index in [1.165, 1.54) is 4.57 Å². The molecule has 0 unspecified atom stereocenters. The zero-order valence-corrected chi connectivity index (χ0v) is 9.87. The Bertz CT molecular complexity index is 477. The lowest BCUT2D eigenvalue weighted by Crippen LogP contribution is -2.14. The molecule has 0 aliphatic heterocycles. The Kier molecular flexibility index (Phi) is 2.96. The van der Waals surface area contributed by atoms with Crippen molar-refractivity contribution >= 4 is 10.2 Å². The molecule has 1 aliphatic rings. The van der Waals surface area contributed by atoms with Gasteiger partial charge in [-0.15, -0.1) is 10.2 Å². The summed E-state index contributed by atoms with van der Waals surface area (Å²) in [5, 5.41) is 6.66. The van der Waals surface area contributed by atoms with Gasteiger partial charge in [-0.2, -0.15) is 8.42 Å². The highest BCUT2D eigenvalue weighted by molar-refractivity contribution is 7.86. The highest BCUT2D eigenvalue weighted by atomic mass is 32.3. The monoisotopic (exact) mass is 247 g/mol. The Morgan fingerprint density at radius 2 is 2.00 bits per heavy atom. The summed E-state index contributed by atoms with van der Waals surface area (Å²) < 4.78 is 36.4. The van der Waals surface area contributed by atoms with Gasteiger partial charge in [0, 0.05) is 12.5 Å². The van der Waals surface area contributed by atoms with Gasteiger partial charge in [0.05, 0.1) is 0 Å². The molecule has 5 nitrogen and oxygen atoms in total. The fourth-order valence-corrected chi connectivity index (χ4v) is 2.87. The lowest BCUT2D eigenvalue weighted by molar-refractivity contribution is 0.445. The van der Waals surface area contributed by atoms with E-state index in [1.54, 1.807) is 0 Å². The fourth-order valence-electron chi connectivity index (χ4n) is 2.24. The molecule has 0 amide bonds. The fraction of sp³-hybridized carbons (Fsp3) is 0.778. The summed E-state index contributed by atoms with van der Waals surface area (Å²) in [6.07, 6.45) is 4.37. The lowest BCUT2D eigenvalue weighted by atomic mass is 10.2. The van der Waals surface area contributed by atoms with Gasteiger partial charge in [-0.3, -0.25) is 4.57 Å². The van der Waals surface area contributed by atoms with Gasteiger partial charge in [-0.25, -0.2) is 0 Å². The molecule has 90 valence electrons. The van der Waals surface area contributed by atoms with E-state index in [-0.39, 0.29) is 6.04 Å². The molecule has 0 N–H and O–H groups in total. The summed E-state index contributed by atoms with van der Waals surface area (Å²) in [4.78, 5) is 0. The molecule has 1 aromatic heterocycles. The van der Waals surface area contributed by atoms with Gasteiger partial charge >= 0.3 is 10.2 Å². The Labute approximate surface area is 93.9 Å². The molecular weight excluding hydrogens is 233 g/mol. The van der Waals surface area contributed by atoms with Crippen molar-refractivity contribution < 1.29 is 12.3 Å². The van der Waals surface area contributed by atoms with E-state index in [4.69, 9.17) is 0 Å². The zero-order valence-electron chi connectivity index (χ0n) is 9.06. The number of rotatable bonds is 3. The van der Waals surface area contributed by atoms with E-state index in [0.29, 0.717) is 12.2 Å². The molecule has 1 heterocycles. The molecule has 0 radical (unpaired) electrons. The maximum absolute atomic E-state index is 13.0. The van der Waals surface area contributed by atoms with Crippen molar-refractivity contribution in [3.63, 3.8) is 0 Å². The van der Waals surface area contributed by atoms with Crippen LogP contribution >= 0.6 is 0 Å². The maximum Gasteiger partial charge on any atom is 0.368 e. The molecule has 2 rings (SSSR count). The number of hydrogen-bond acceptors (Lipinski definition) is 4. The van der Waals surface area contributed by atoms with Crippen LogP contribution in [0.1, 0.15) is 44.5 Å². The molecule has 1 saturated carbocycles. The number of aryl methyl sites for hydroxylation is 1. The summed E-state index contributed by atoms with van der Waals surface area (Å²) in [5.41, 5.74) is 0. The third-order valence-corrected chi connectivity index (χ3v) is 3.67. The van der Waals surface area contributed by atoms with Gasteiger partial charge in [-0.05, 0) is 12.8 Å². The molecule has 0 atom stereocenters. The van der Waals surface area contributed by atoms with Crippen LogP contribution in [0.25, 0.3) is 0 Å². The minimum absolute atomic E-state index is 0.0328. The Morgan fingerprint density at radius 1 is 1.38 bits per heavy atom. The third kappa shape index (κ3) is 1.95. The minimum Gasteiger partial charge on any atom is -0.297 e. The Balaban J connectivity index is 2.50. The smallest absolute Gasteiger partial charge is 0.297 e. The van der Waals surface area contributed by atoms with Crippen LogP contribution in [0.5, 0.6) is 0 Å². The van der Waals surface area contributed by atoms with Crippen LogP contribution in [-0.2, 0) is 16.6 Å². The quantitative estimate of drug-likeness (QED) is 0.761. The largest absolute Gasteiger partial charge is 0.368 e. The topological polar surface area (TPSA) is 64.8 Å². The van der Waals surface area contributed by atoms with Gasteiger partial charge in [0.1, 0.15) is 5.82 Å². The molecule has 0 spiro atoms. The average Bonchev–Trinajstić information content (AvgIpc) is 2.84. The van der Waals surface area contributed by atoms with Crippen LogP contribution in [-0.4, -0.2) is 23.2 Å². The molecule has 1 aromatic rings. The first-order valence-electron chi connectivity index (χ1n) is 5.42. The second-order valence-electron chi connectivity index (χ2n) is 4.00. The predicted molar refractivity (Wildman–Crippen MR) is 55.2 cm³/mol. The molecule has 0 saturated heterocycles. The minimum atomic E-state index is -4.77. The zero-order chi connectivity index (χ0) is 11.8. The number of nitrogens with zero attached hydrogens (tertiary/aromatic N) is 3. The van der Waals surface area contributed by atoms with Crippen molar-refractivity contribution in [2.24, 2.45) is 0 Å². The van der Waals surface area contributed by atoms with Crippen LogP contribution < -0.4 is 0 Å². The van der Waals surface area contributed by atoms with Crippen molar-refractivity contribution in [3.8, 4) is 0 Å². The van der Waals surface area contributed by atoms with Crippen molar-refractivity contribution in [1.29, 1.82) is 0 Å². The van der Waals surface area contributed by atoms with E-state index in [9.17, 15) is 12.3 Å². The molecule has 0 aromatic carbocycles. The van der Waals surface area contributed by atoms with Gasteiger partial charge in [0.25, 0.3) is 5.16 Å². The standard InChI is InChI=1S/C9H14FN3O2S/c1-2-8-11-12-9(16(10,14)15)13(8)7-5-3-4-6-7/h7H,2-6H2,1H3. The summed E-state index contributed by atoms with van der Waals surface area (Å²) in [6.45, 7) is 1.85. The van der Waals surface area contributed by atoms with Gasteiger partial charge in [-0.1, -0.05) is 23.7 Å². The van der Waals surface area contributed by atoms with Crippen molar-refractivity contribution in [2.45, 2.75) is 50.2 Å². The van der Waals surface area contributed by atoms with E-state index in [2.05, 4.69) is 10.2 Å². The second-order valence-corrected chi connectivity index (χ2v) is 5.24. The van der Waals surface area contributed by atoms with Gasteiger partial charge in [0.15, 0.2) is 0 Å². The first-order chi connectivity index (χ1) is 7.54. The summed E-state index contributed by atoms with van der Waals surface area (Å²) >= 11 is 0. The Hall–Kier alpha value is -0.980. The van der Waals surface area contributed by atoms with Crippen molar-refractivity contribution in [1.82, 2.24) is 14.8 Å². The predicted octanol–water partition coefficient (Wildman–Crippen LogP) is 1.61. The first kappa shape index (κ1) is 11.5. The first-order valence-corrected chi connectivity index (χ1v) is 6.81. The Morgan fingerprint density at radius 3 is 2.50 bits per heavy atom. The maximum atomic E-state index is 13.0. The van der Waals surface area contributed by atoms with Gasteiger partial charge < -0.3 is 0 Å². The van der Waals surface area contributed by atoms with Crippen LogP contribution in [0.3, 0.4) is 0 Å². The van der Waals surface area contributed by atoms with Crippen LogP contribution in [0.2, 0.25) is 0 Å². The highest BCUT2D eigenvalue weighted by Gasteiger charge is 2.29. The van der Waals surface area contributed by atoms with Crippen LogP contribution in [0.15, 0.2) is 5.16 Å². The molecule has 7 heteroatoms. The molecule has 0 bridgehead atoms. The third-order valence-electron chi connectivity index (χ3n) is 2.96. The number of aromatic nitrogens is 3. The molecular formula is C9H14FN3O2S. The van der Waals surface area contributed by atoms with Crippen LogP contribution in [0, 0.1) is 0 Å². The number of halogens is 1. The number of hydrogen-bond donors (Lipinski definition) is 0. The van der Waals surface area contributed by atoms with E-state index < -0.39 is 15.4 Å². The summed E-state index contributed by atoms with van der Waals surface area (Å²) in [7, 11) is -4.77. The average molecular weight is 247 g/mol. The summed E-state index contributed by atoms with van der Waals surface area (Å²) in [6, 6.07) is 0.0328. The molecule has 16 heavy (non-hydrogen) atoms. The SMILES string of the molecule is CCc1nnc(S(=O)(=O)F)n1C1CCCC1. The van der Waals surface area contributed by atoms with Crippen molar-refractivity contribution in [2.75, 3.05) is 0 Å². The van der Waals surface area contributed by atoms with Crippen molar-refractivity contribution in [3.05, 3.63) is 5.82 Å². The second kappa shape index (κ2) is 4.12. The van der Waals surface area contributed by atoms with E-state index in [1.807, 2.05) is 6.92 Å². The van der Waals surface area contributed by atoms with Gasteiger partial charge in [0.2, 0.25) is 0 Å². The summed E-state index contributed by atoms with van der Waals surface area (Å²) in [5.74, 6) is 0.545. The van der Waals surface area contributed by atoms with Crippen LogP contribution in [0.4, 0.5) is 3.89 Å². The molecule has 1 aliphatic carbocycles. The molecule has 1 fully saturated rings. The van der Waals surface area contributed by atoms with E-state index >= 15 is 0 Å². The highest BCUT2D eigenvalue weighted by Crippen LogP contribution is 2.32.